The van der Waals surface area contributed by atoms with Gasteiger partial charge < -0.3 is 10.1 Å². The molecule has 0 atom stereocenters. The van der Waals surface area contributed by atoms with Gasteiger partial charge in [-0.1, -0.05) is 18.2 Å². The van der Waals surface area contributed by atoms with Crippen LogP contribution in [0.2, 0.25) is 0 Å². The minimum Gasteiger partial charge on any atom is -0.495 e. The zero-order valence-corrected chi connectivity index (χ0v) is 17.6. The molecule has 0 aliphatic rings. The number of allylic oxidation sites excluding steroid dienone is 1. The van der Waals surface area contributed by atoms with Crippen molar-refractivity contribution in [3.05, 3.63) is 77.7 Å². The second kappa shape index (κ2) is 9.78. The monoisotopic (exact) mass is 436 g/mol. The fraction of sp³-hybridized carbons (Fsp3) is 0.130. The van der Waals surface area contributed by atoms with Crippen molar-refractivity contribution in [2.75, 3.05) is 13.7 Å². The zero-order chi connectivity index (χ0) is 23.3. The molecule has 32 heavy (non-hydrogen) atoms. The van der Waals surface area contributed by atoms with Crippen molar-refractivity contribution in [3.63, 3.8) is 0 Å². The van der Waals surface area contributed by atoms with Gasteiger partial charge in [0.1, 0.15) is 23.1 Å². The number of pyridine rings is 2. The molecule has 0 saturated carbocycles. The van der Waals surface area contributed by atoms with Crippen LogP contribution in [0.1, 0.15) is 12.6 Å². The van der Waals surface area contributed by atoms with Crippen LogP contribution in [0.4, 0.5) is 14.5 Å². The van der Waals surface area contributed by atoms with Gasteiger partial charge in [0, 0.05) is 17.8 Å². The quantitative estimate of drug-likeness (QED) is 0.384. The summed E-state index contributed by atoms with van der Waals surface area (Å²) in [5, 5.41) is 19.5. The summed E-state index contributed by atoms with van der Waals surface area (Å²) >= 11 is 0. The number of nitrogens with one attached hydrogen (secondary N) is 3. The summed E-state index contributed by atoms with van der Waals surface area (Å²) in [5.74, 6) is -0.846. The fourth-order valence-corrected chi connectivity index (χ4v) is 3.06. The predicted octanol–water partition coefficient (Wildman–Crippen LogP) is 4.12. The molecule has 1 aromatic carbocycles. The second-order valence-electron chi connectivity index (χ2n) is 6.71. The summed E-state index contributed by atoms with van der Waals surface area (Å²) < 4.78 is 34.3. The maximum atomic E-state index is 14.4. The van der Waals surface area contributed by atoms with E-state index in [4.69, 9.17) is 15.6 Å². The summed E-state index contributed by atoms with van der Waals surface area (Å²) in [7, 11) is 1.52. The minimum atomic E-state index is -0.822. The third-order valence-electron chi connectivity index (χ3n) is 4.70. The van der Waals surface area contributed by atoms with E-state index in [9.17, 15) is 8.78 Å². The van der Waals surface area contributed by atoms with Crippen molar-refractivity contribution < 1.29 is 13.5 Å². The molecule has 0 aliphatic carbocycles. The Labute approximate surface area is 183 Å². The minimum absolute atomic E-state index is 0.0352. The van der Waals surface area contributed by atoms with Crippen molar-refractivity contribution >= 4 is 23.9 Å². The highest BCUT2D eigenvalue weighted by molar-refractivity contribution is 5.86. The molecular formula is C23H22F2N6O. The van der Waals surface area contributed by atoms with E-state index in [1.54, 1.807) is 25.1 Å². The van der Waals surface area contributed by atoms with Crippen molar-refractivity contribution in [2.45, 2.75) is 6.92 Å². The summed E-state index contributed by atoms with van der Waals surface area (Å²) in [6.07, 6.45) is 4.73. The van der Waals surface area contributed by atoms with Crippen molar-refractivity contribution in [1.82, 2.24) is 14.9 Å². The van der Waals surface area contributed by atoms with Crippen LogP contribution in [0.25, 0.3) is 16.8 Å². The summed E-state index contributed by atoms with van der Waals surface area (Å²) in [4.78, 5) is 8.31. The number of rotatable bonds is 7. The Balaban J connectivity index is 1.87. The number of benzene rings is 1. The Hall–Kier alpha value is -4.14. The highest BCUT2D eigenvalue weighted by Gasteiger charge is 2.13. The van der Waals surface area contributed by atoms with Gasteiger partial charge in [0.2, 0.25) is 0 Å². The second-order valence-corrected chi connectivity index (χ2v) is 6.71. The number of nitrogens with zero attached hydrogens (tertiary/aromatic N) is 3. The van der Waals surface area contributed by atoms with Gasteiger partial charge in [-0.05, 0) is 37.4 Å². The largest absolute Gasteiger partial charge is 0.495 e. The third-order valence-corrected chi connectivity index (χ3v) is 4.70. The Kier molecular flexibility index (Phi) is 6.89. The number of methoxy groups -OCH3 is 1. The van der Waals surface area contributed by atoms with Crippen molar-refractivity contribution in [2.24, 2.45) is 4.99 Å². The first kappa shape index (κ1) is 22.5. The molecule has 2 heterocycles. The zero-order valence-electron chi connectivity index (χ0n) is 17.6. The van der Waals surface area contributed by atoms with Gasteiger partial charge in [-0.3, -0.25) is 20.4 Å². The molecule has 0 aliphatic heterocycles. The van der Waals surface area contributed by atoms with Crippen LogP contribution in [0, 0.1) is 22.5 Å². The third kappa shape index (κ3) is 4.77. The lowest BCUT2D eigenvalue weighted by molar-refractivity contribution is 0.413. The van der Waals surface area contributed by atoms with Crippen LogP contribution in [-0.2, 0) is 0 Å². The Morgan fingerprint density at radius 1 is 1.28 bits per heavy atom. The number of aromatic nitrogens is 2. The van der Waals surface area contributed by atoms with Gasteiger partial charge in [0.15, 0.2) is 11.3 Å². The van der Waals surface area contributed by atoms with Crippen LogP contribution >= 0.6 is 0 Å². The highest BCUT2D eigenvalue weighted by Crippen LogP contribution is 2.26. The van der Waals surface area contributed by atoms with E-state index in [0.29, 0.717) is 34.0 Å². The Morgan fingerprint density at radius 2 is 2.06 bits per heavy atom. The smallest absolute Gasteiger partial charge is 0.167 e. The molecule has 0 bridgehead atoms. The lowest BCUT2D eigenvalue weighted by Crippen LogP contribution is -2.35. The van der Waals surface area contributed by atoms with Crippen LogP contribution in [0.15, 0.2) is 59.9 Å². The Morgan fingerprint density at radius 3 is 2.72 bits per heavy atom. The number of aliphatic imine (C=N–C) groups is 1. The van der Waals surface area contributed by atoms with Gasteiger partial charge in [-0.25, -0.2) is 13.8 Å². The number of ether oxygens (including phenoxy) is 1. The van der Waals surface area contributed by atoms with E-state index in [1.807, 2.05) is 0 Å². The first-order chi connectivity index (χ1) is 15.4. The molecule has 2 aromatic heterocycles. The SMILES string of the molecule is C=Nc1cc(OC)cnc1/C(=C\C)NCC(=N)n1cc(-c2cccc(F)c2)cc(F)c1=N. The summed E-state index contributed by atoms with van der Waals surface area (Å²) in [6.45, 7) is 5.31. The van der Waals surface area contributed by atoms with E-state index in [2.05, 4.69) is 22.0 Å². The van der Waals surface area contributed by atoms with Gasteiger partial charge in [0.25, 0.3) is 0 Å². The number of hydrogen-bond acceptors (Lipinski definition) is 6. The van der Waals surface area contributed by atoms with E-state index in [1.165, 1.54) is 37.7 Å². The molecule has 0 radical (unpaired) electrons. The number of hydrogen-bond donors (Lipinski definition) is 3. The molecule has 0 amide bonds. The van der Waals surface area contributed by atoms with Gasteiger partial charge in [-0.2, -0.15) is 0 Å². The molecule has 0 fully saturated rings. The topological polar surface area (TPSA) is 99.1 Å². The average molecular weight is 436 g/mol. The molecule has 3 rings (SSSR count). The highest BCUT2D eigenvalue weighted by atomic mass is 19.1. The van der Waals surface area contributed by atoms with Crippen LogP contribution in [-0.4, -0.2) is 35.8 Å². The van der Waals surface area contributed by atoms with E-state index in [-0.39, 0.29) is 12.4 Å². The van der Waals surface area contributed by atoms with Crippen molar-refractivity contribution in [3.8, 4) is 16.9 Å². The molecule has 164 valence electrons. The molecule has 3 aromatic rings. The van der Waals surface area contributed by atoms with E-state index < -0.39 is 17.1 Å². The maximum absolute atomic E-state index is 14.4. The molecule has 9 heteroatoms. The molecule has 0 saturated heterocycles. The van der Waals surface area contributed by atoms with Crippen LogP contribution < -0.4 is 15.5 Å². The van der Waals surface area contributed by atoms with Gasteiger partial charge in [0.05, 0.1) is 31.2 Å². The fourth-order valence-electron chi connectivity index (χ4n) is 3.06. The lowest BCUT2D eigenvalue weighted by atomic mass is 10.1. The maximum Gasteiger partial charge on any atom is 0.167 e. The molecule has 7 nitrogen and oxygen atoms in total. The number of halogens is 2. The molecule has 0 unspecified atom stereocenters. The Bertz CT molecular complexity index is 1270. The molecular weight excluding hydrogens is 414 g/mol. The van der Waals surface area contributed by atoms with E-state index >= 15 is 0 Å². The summed E-state index contributed by atoms with van der Waals surface area (Å²) in [6, 6.07) is 8.53. The van der Waals surface area contributed by atoms with Gasteiger partial charge in [-0.15, -0.1) is 0 Å². The van der Waals surface area contributed by atoms with Crippen LogP contribution in [0.5, 0.6) is 5.75 Å². The van der Waals surface area contributed by atoms with Crippen molar-refractivity contribution in [1.29, 1.82) is 10.8 Å². The first-order valence-corrected chi connectivity index (χ1v) is 9.59. The first-order valence-electron chi connectivity index (χ1n) is 9.59. The summed E-state index contributed by atoms with van der Waals surface area (Å²) in [5.41, 5.74) is 1.89. The van der Waals surface area contributed by atoms with Crippen LogP contribution in [0.3, 0.4) is 0 Å². The average Bonchev–Trinajstić information content (AvgIpc) is 2.80. The standard InChI is InChI=1S/C23H22F2N6O/c1-4-19(22-20(28-2)10-17(32-3)11-30-22)29-12-21(26)31-13-15(9-18(25)23(31)27)14-6-5-7-16(24)8-14/h4-11,13,26-27,29H,2,12H2,1,3H3/b19-4+,26-21?,27-23?. The predicted molar refractivity (Wildman–Crippen MR) is 120 cm³/mol. The normalized spacial score (nSPS) is 11.2. The van der Waals surface area contributed by atoms with E-state index in [0.717, 1.165) is 10.6 Å². The molecule has 0 spiro atoms. The van der Waals surface area contributed by atoms with Gasteiger partial charge >= 0.3 is 0 Å². The lowest BCUT2D eigenvalue weighted by Gasteiger charge is -2.16. The molecule has 3 N–H and O–H groups in total.